The first-order valence-corrected chi connectivity index (χ1v) is 5.91. The van der Waals surface area contributed by atoms with Gasteiger partial charge in [-0.3, -0.25) is 4.79 Å². The van der Waals surface area contributed by atoms with E-state index >= 15 is 0 Å². The molecule has 1 aromatic heterocycles. The topological polar surface area (TPSA) is 48.7 Å². The van der Waals surface area contributed by atoms with Gasteiger partial charge in [-0.1, -0.05) is 0 Å². The van der Waals surface area contributed by atoms with Crippen LogP contribution in [0.15, 0.2) is 21.3 Å². The van der Waals surface area contributed by atoms with Crippen molar-refractivity contribution in [1.82, 2.24) is 0 Å². The lowest BCUT2D eigenvalue weighted by Crippen LogP contribution is -2.08. The zero-order chi connectivity index (χ0) is 12.9. The molecule has 0 N–H and O–H groups in total. The van der Waals surface area contributed by atoms with Crippen molar-refractivity contribution >= 4 is 11.0 Å². The Balaban J connectivity index is 2.39. The molecule has 2 aromatic rings. The fourth-order valence-corrected chi connectivity index (χ4v) is 2.47. The molecule has 3 rings (SSSR count). The van der Waals surface area contributed by atoms with Crippen LogP contribution < -0.4 is 14.9 Å². The molecule has 1 atom stereocenters. The molecule has 0 radical (unpaired) electrons. The SMILES string of the molecule is COc1c(C)oc2c3c(ccc2c1=O)O[C@H](C)C3. The first-order chi connectivity index (χ1) is 8.61. The first-order valence-electron chi connectivity index (χ1n) is 5.91. The van der Waals surface area contributed by atoms with Gasteiger partial charge in [-0.25, -0.2) is 0 Å². The molecule has 0 saturated carbocycles. The molecule has 1 aromatic carbocycles. The van der Waals surface area contributed by atoms with Crippen LogP contribution in [-0.2, 0) is 6.42 Å². The molecule has 0 saturated heterocycles. The molecule has 4 heteroatoms. The predicted octanol–water partition coefficient (Wildman–Crippen LogP) is 2.43. The quantitative estimate of drug-likeness (QED) is 0.775. The molecule has 0 unspecified atom stereocenters. The fourth-order valence-electron chi connectivity index (χ4n) is 2.47. The monoisotopic (exact) mass is 246 g/mol. The van der Waals surface area contributed by atoms with Gasteiger partial charge in [0.25, 0.3) is 0 Å². The van der Waals surface area contributed by atoms with Crippen LogP contribution in [0, 0.1) is 6.92 Å². The molecule has 0 aliphatic carbocycles. The lowest BCUT2D eigenvalue weighted by Gasteiger charge is -2.07. The molecule has 94 valence electrons. The third-order valence-electron chi connectivity index (χ3n) is 3.27. The zero-order valence-electron chi connectivity index (χ0n) is 10.6. The van der Waals surface area contributed by atoms with Crippen molar-refractivity contribution in [3.05, 3.63) is 33.7 Å². The van der Waals surface area contributed by atoms with Crippen LogP contribution in [0.3, 0.4) is 0 Å². The number of benzene rings is 1. The van der Waals surface area contributed by atoms with Crippen LogP contribution in [-0.4, -0.2) is 13.2 Å². The van der Waals surface area contributed by atoms with E-state index in [0.717, 1.165) is 17.7 Å². The number of aryl methyl sites for hydroxylation is 1. The molecule has 4 nitrogen and oxygen atoms in total. The standard InChI is InChI=1S/C14H14O4/c1-7-6-10-11(17-7)5-4-9-12(15)13(16-3)8(2)18-14(9)10/h4-5,7H,6H2,1-3H3/t7-/m1/s1. The van der Waals surface area contributed by atoms with E-state index in [1.807, 2.05) is 13.0 Å². The normalized spacial score (nSPS) is 17.6. The summed E-state index contributed by atoms with van der Waals surface area (Å²) >= 11 is 0. The Labute approximate surface area is 104 Å². The molecule has 1 aliphatic rings. The third-order valence-corrected chi connectivity index (χ3v) is 3.27. The van der Waals surface area contributed by atoms with Gasteiger partial charge in [-0.05, 0) is 26.0 Å². The fraction of sp³-hybridized carbons (Fsp3) is 0.357. The van der Waals surface area contributed by atoms with Gasteiger partial charge in [0.1, 0.15) is 23.2 Å². The van der Waals surface area contributed by atoms with Gasteiger partial charge in [-0.2, -0.15) is 0 Å². The van der Waals surface area contributed by atoms with E-state index in [-0.39, 0.29) is 17.3 Å². The highest BCUT2D eigenvalue weighted by atomic mass is 16.5. The summed E-state index contributed by atoms with van der Waals surface area (Å²) in [7, 11) is 1.48. The van der Waals surface area contributed by atoms with Crippen LogP contribution in [0.25, 0.3) is 11.0 Å². The molecule has 18 heavy (non-hydrogen) atoms. The molecular weight excluding hydrogens is 232 g/mol. The number of rotatable bonds is 1. The smallest absolute Gasteiger partial charge is 0.234 e. The number of ether oxygens (including phenoxy) is 2. The molecule has 0 amide bonds. The average Bonchev–Trinajstić information content (AvgIpc) is 2.70. The minimum atomic E-state index is -0.126. The molecular formula is C14H14O4. The zero-order valence-corrected chi connectivity index (χ0v) is 10.6. The Morgan fingerprint density at radius 1 is 1.39 bits per heavy atom. The number of methoxy groups -OCH3 is 1. The summed E-state index contributed by atoms with van der Waals surface area (Å²) in [4.78, 5) is 12.2. The van der Waals surface area contributed by atoms with Crippen molar-refractivity contribution in [2.45, 2.75) is 26.4 Å². The summed E-state index contributed by atoms with van der Waals surface area (Å²) in [6.45, 7) is 3.73. The maximum atomic E-state index is 12.2. The van der Waals surface area contributed by atoms with Crippen molar-refractivity contribution in [1.29, 1.82) is 0 Å². The number of hydrogen-bond acceptors (Lipinski definition) is 4. The van der Waals surface area contributed by atoms with Gasteiger partial charge in [0.15, 0.2) is 0 Å². The van der Waals surface area contributed by atoms with E-state index in [4.69, 9.17) is 13.9 Å². The van der Waals surface area contributed by atoms with Crippen molar-refractivity contribution in [2.75, 3.05) is 7.11 Å². The maximum absolute atomic E-state index is 12.2. The molecule has 0 bridgehead atoms. The van der Waals surface area contributed by atoms with Gasteiger partial charge in [0.2, 0.25) is 11.2 Å². The summed E-state index contributed by atoms with van der Waals surface area (Å²) in [5.74, 6) is 1.58. The van der Waals surface area contributed by atoms with Gasteiger partial charge < -0.3 is 13.9 Å². The van der Waals surface area contributed by atoms with Gasteiger partial charge >= 0.3 is 0 Å². The van der Waals surface area contributed by atoms with Crippen LogP contribution in [0.4, 0.5) is 0 Å². The van der Waals surface area contributed by atoms with Crippen LogP contribution in [0.5, 0.6) is 11.5 Å². The van der Waals surface area contributed by atoms with Crippen LogP contribution in [0.2, 0.25) is 0 Å². The second-order valence-corrected chi connectivity index (χ2v) is 4.57. The Bertz CT molecular complexity index is 684. The second kappa shape index (κ2) is 3.77. The lowest BCUT2D eigenvalue weighted by atomic mass is 10.1. The molecule has 2 heterocycles. The minimum Gasteiger partial charge on any atom is -0.490 e. The highest BCUT2D eigenvalue weighted by Crippen LogP contribution is 2.35. The van der Waals surface area contributed by atoms with Gasteiger partial charge in [0.05, 0.1) is 12.5 Å². The van der Waals surface area contributed by atoms with Crippen molar-refractivity contribution < 1.29 is 13.9 Å². The predicted molar refractivity (Wildman–Crippen MR) is 67.6 cm³/mol. The largest absolute Gasteiger partial charge is 0.490 e. The third kappa shape index (κ3) is 1.41. The Hall–Kier alpha value is -1.97. The highest BCUT2D eigenvalue weighted by molar-refractivity contribution is 5.84. The summed E-state index contributed by atoms with van der Waals surface area (Å²) < 4.78 is 16.5. The van der Waals surface area contributed by atoms with Gasteiger partial charge in [0, 0.05) is 12.0 Å². The Kier molecular flexibility index (Phi) is 2.33. The number of hydrogen-bond donors (Lipinski definition) is 0. The average molecular weight is 246 g/mol. The van der Waals surface area contributed by atoms with E-state index < -0.39 is 0 Å². The van der Waals surface area contributed by atoms with Crippen LogP contribution >= 0.6 is 0 Å². The van der Waals surface area contributed by atoms with E-state index in [1.165, 1.54) is 7.11 Å². The molecule has 1 aliphatic heterocycles. The van der Waals surface area contributed by atoms with E-state index in [0.29, 0.717) is 16.7 Å². The molecule has 0 fully saturated rings. The van der Waals surface area contributed by atoms with Crippen molar-refractivity contribution in [2.24, 2.45) is 0 Å². The maximum Gasteiger partial charge on any atom is 0.234 e. The molecule has 0 spiro atoms. The summed E-state index contributed by atoms with van der Waals surface area (Å²) in [5.41, 5.74) is 1.47. The van der Waals surface area contributed by atoms with E-state index in [2.05, 4.69) is 0 Å². The second-order valence-electron chi connectivity index (χ2n) is 4.57. The van der Waals surface area contributed by atoms with Crippen molar-refractivity contribution in [3.63, 3.8) is 0 Å². The van der Waals surface area contributed by atoms with E-state index in [1.54, 1.807) is 13.0 Å². The summed E-state index contributed by atoms with van der Waals surface area (Å²) in [5, 5.41) is 0.550. The van der Waals surface area contributed by atoms with Crippen LogP contribution in [0.1, 0.15) is 18.2 Å². The lowest BCUT2D eigenvalue weighted by molar-refractivity contribution is 0.254. The van der Waals surface area contributed by atoms with Gasteiger partial charge in [-0.15, -0.1) is 0 Å². The highest BCUT2D eigenvalue weighted by Gasteiger charge is 2.24. The Morgan fingerprint density at radius 3 is 2.89 bits per heavy atom. The Morgan fingerprint density at radius 2 is 2.17 bits per heavy atom. The summed E-state index contributed by atoms with van der Waals surface area (Å²) in [6, 6.07) is 3.56. The minimum absolute atomic E-state index is 0.123. The first kappa shape index (κ1) is 11.1. The van der Waals surface area contributed by atoms with E-state index in [9.17, 15) is 4.79 Å². The summed E-state index contributed by atoms with van der Waals surface area (Å²) in [6.07, 6.45) is 0.889. The van der Waals surface area contributed by atoms with Crippen molar-refractivity contribution in [3.8, 4) is 11.5 Å². The number of fused-ring (bicyclic) bond motifs is 3.